The molecule has 0 aliphatic carbocycles. The third-order valence-electron chi connectivity index (χ3n) is 2.73. The van der Waals surface area contributed by atoms with Crippen LogP contribution in [0, 0.1) is 6.92 Å². The summed E-state index contributed by atoms with van der Waals surface area (Å²) in [5.74, 6) is 0.234. The van der Waals surface area contributed by atoms with Gasteiger partial charge in [0.25, 0.3) is 0 Å². The van der Waals surface area contributed by atoms with Gasteiger partial charge in [-0.3, -0.25) is 4.98 Å². The van der Waals surface area contributed by atoms with Crippen molar-refractivity contribution in [3.05, 3.63) is 59.4 Å². The van der Waals surface area contributed by atoms with Crippen LogP contribution >= 0.6 is 0 Å². The van der Waals surface area contributed by atoms with Crippen LogP contribution in [-0.2, 0) is 6.42 Å². The van der Waals surface area contributed by atoms with Gasteiger partial charge in [0.15, 0.2) is 0 Å². The highest BCUT2D eigenvalue weighted by molar-refractivity contribution is 5.28. The monoisotopic (exact) mass is 229 g/mol. The van der Waals surface area contributed by atoms with Gasteiger partial charge < -0.3 is 10.2 Å². The van der Waals surface area contributed by atoms with E-state index in [0.717, 1.165) is 11.1 Å². The van der Waals surface area contributed by atoms with E-state index in [9.17, 15) is 10.2 Å². The molecule has 1 unspecified atom stereocenters. The van der Waals surface area contributed by atoms with Gasteiger partial charge in [0.1, 0.15) is 11.9 Å². The van der Waals surface area contributed by atoms with Crippen LogP contribution in [-0.4, -0.2) is 15.2 Å². The molecule has 17 heavy (non-hydrogen) atoms. The Morgan fingerprint density at radius 3 is 2.53 bits per heavy atom. The summed E-state index contributed by atoms with van der Waals surface area (Å²) < 4.78 is 0. The van der Waals surface area contributed by atoms with Crippen LogP contribution in [0.1, 0.15) is 22.9 Å². The maximum absolute atomic E-state index is 10.1. The minimum absolute atomic E-state index is 0.234. The van der Waals surface area contributed by atoms with Crippen LogP contribution in [0.5, 0.6) is 5.75 Å². The normalized spacial score (nSPS) is 12.4. The highest BCUT2D eigenvalue weighted by atomic mass is 16.3. The van der Waals surface area contributed by atoms with Crippen molar-refractivity contribution in [2.24, 2.45) is 0 Å². The summed E-state index contributed by atoms with van der Waals surface area (Å²) in [6.07, 6.45) is 1.57. The summed E-state index contributed by atoms with van der Waals surface area (Å²) in [5, 5.41) is 19.3. The van der Waals surface area contributed by atoms with Crippen LogP contribution < -0.4 is 0 Å². The average molecular weight is 229 g/mol. The van der Waals surface area contributed by atoms with E-state index in [0.29, 0.717) is 12.1 Å². The van der Waals surface area contributed by atoms with Gasteiger partial charge in [-0.05, 0) is 36.2 Å². The van der Waals surface area contributed by atoms with Crippen molar-refractivity contribution in [1.82, 2.24) is 4.98 Å². The Kier molecular flexibility index (Phi) is 3.40. The number of aryl methyl sites for hydroxylation is 1. The zero-order valence-electron chi connectivity index (χ0n) is 9.67. The Hall–Kier alpha value is -1.87. The largest absolute Gasteiger partial charge is 0.508 e. The van der Waals surface area contributed by atoms with E-state index in [1.807, 2.05) is 19.1 Å². The molecule has 3 heteroatoms. The second-order valence-electron chi connectivity index (χ2n) is 4.09. The molecule has 2 aromatic rings. The Morgan fingerprint density at radius 1 is 1.18 bits per heavy atom. The van der Waals surface area contributed by atoms with Gasteiger partial charge in [-0.2, -0.15) is 0 Å². The van der Waals surface area contributed by atoms with Crippen molar-refractivity contribution in [1.29, 1.82) is 0 Å². The van der Waals surface area contributed by atoms with Gasteiger partial charge >= 0.3 is 0 Å². The third kappa shape index (κ3) is 2.82. The minimum atomic E-state index is -0.610. The SMILES string of the molecule is Cc1cccnc1C(O)Cc1ccc(O)cc1. The number of aromatic hydroxyl groups is 1. The van der Waals surface area contributed by atoms with Crippen molar-refractivity contribution < 1.29 is 10.2 Å². The lowest BCUT2D eigenvalue weighted by Crippen LogP contribution is -2.06. The van der Waals surface area contributed by atoms with E-state index < -0.39 is 6.10 Å². The molecule has 3 nitrogen and oxygen atoms in total. The Morgan fingerprint density at radius 2 is 1.88 bits per heavy atom. The standard InChI is InChI=1S/C14H15NO2/c1-10-3-2-8-15-14(10)13(17)9-11-4-6-12(16)7-5-11/h2-8,13,16-17H,9H2,1H3. The van der Waals surface area contributed by atoms with Crippen LogP contribution in [0.3, 0.4) is 0 Å². The summed E-state index contributed by atoms with van der Waals surface area (Å²) in [6, 6.07) is 10.6. The summed E-state index contributed by atoms with van der Waals surface area (Å²) in [7, 11) is 0. The first-order chi connectivity index (χ1) is 8.16. The number of aliphatic hydroxyl groups is 1. The fourth-order valence-electron chi connectivity index (χ4n) is 1.80. The van der Waals surface area contributed by atoms with Gasteiger partial charge in [0.2, 0.25) is 0 Å². The Labute approximate surface area is 100 Å². The highest BCUT2D eigenvalue weighted by Gasteiger charge is 2.12. The first-order valence-electron chi connectivity index (χ1n) is 5.54. The second kappa shape index (κ2) is 4.97. The zero-order valence-corrected chi connectivity index (χ0v) is 9.67. The van der Waals surface area contributed by atoms with Crippen LogP contribution in [0.4, 0.5) is 0 Å². The number of phenolic OH excluding ortho intramolecular Hbond substituents is 1. The number of pyridine rings is 1. The number of rotatable bonds is 3. The van der Waals surface area contributed by atoms with E-state index in [2.05, 4.69) is 4.98 Å². The van der Waals surface area contributed by atoms with Crippen molar-refractivity contribution in [2.75, 3.05) is 0 Å². The Bertz CT molecular complexity index is 494. The van der Waals surface area contributed by atoms with Gasteiger partial charge in [0, 0.05) is 12.6 Å². The van der Waals surface area contributed by atoms with E-state index in [1.165, 1.54) is 0 Å². The molecule has 0 radical (unpaired) electrons. The topological polar surface area (TPSA) is 53.4 Å². The quantitative estimate of drug-likeness (QED) is 0.849. The van der Waals surface area contributed by atoms with Crippen molar-refractivity contribution in [3.8, 4) is 5.75 Å². The molecule has 1 heterocycles. The van der Waals surface area contributed by atoms with E-state index in [4.69, 9.17) is 0 Å². The van der Waals surface area contributed by atoms with E-state index in [-0.39, 0.29) is 5.75 Å². The maximum Gasteiger partial charge on any atom is 0.115 e. The summed E-state index contributed by atoms with van der Waals surface area (Å²) in [4.78, 5) is 4.19. The molecule has 0 spiro atoms. The number of hydrogen-bond donors (Lipinski definition) is 2. The van der Waals surface area contributed by atoms with Gasteiger partial charge in [-0.25, -0.2) is 0 Å². The summed E-state index contributed by atoms with van der Waals surface area (Å²) in [5.41, 5.74) is 2.67. The average Bonchev–Trinajstić information content (AvgIpc) is 2.32. The molecule has 0 amide bonds. The molecule has 0 aliphatic heterocycles. The summed E-state index contributed by atoms with van der Waals surface area (Å²) >= 11 is 0. The zero-order chi connectivity index (χ0) is 12.3. The molecule has 88 valence electrons. The molecule has 1 atom stereocenters. The smallest absolute Gasteiger partial charge is 0.115 e. The molecular weight excluding hydrogens is 214 g/mol. The fourth-order valence-corrected chi connectivity index (χ4v) is 1.80. The number of aliphatic hydroxyl groups excluding tert-OH is 1. The molecular formula is C14H15NO2. The van der Waals surface area contributed by atoms with Crippen molar-refractivity contribution >= 4 is 0 Å². The van der Waals surface area contributed by atoms with Crippen molar-refractivity contribution in [2.45, 2.75) is 19.4 Å². The van der Waals surface area contributed by atoms with Crippen LogP contribution in [0.2, 0.25) is 0 Å². The van der Waals surface area contributed by atoms with Crippen molar-refractivity contribution in [3.63, 3.8) is 0 Å². The predicted molar refractivity (Wildman–Crippen MR) is 65.7 cm³/mol. The van der Waals surface area contributed by atoms with E-state index in [1.54, 1.807) is 30.5 Å². The number of aromatic nitrogens is 1. The van der Waals surface area contributed by atoms with E-state index >= 15 is 0 Å². The van der Waals surface area contributed by atoms with Crippen LogP contribution in [0.15, 0.2) is 42.6 Å². The molecule has 0 saturated heterocycles. The molecule has 0 saturated carbocycles. The lowest BCUT2D eigenvalue weighted by atomic mass is 10.0. The van der Waals surface area contributed by atoms with Gasteiger partial charge in [0.05, 0.1) is 5.69 Å². The minimum Gasteiger partial charge on any atom is -0.508 e. The fraction of sp³-hybridized carbons (Fsp3) is 0.214. The number of nitrogens with zero attached hydrogens (tertiary/aromatic N) is 1. The first-order valence-corrected chi connectivity index (χ1v) is 5.54. The number of benzene rings is 1. The number of hydrogen-bond acceptors (Lipinski definition) is 3. The molecule has 1 aromatic heterocycles. The highest BCUT2D eigenvalue weighted by Crippen LogP contribution is 2.20. The van der Waals surface area contributed by atoms with Gasteiger partial charge in [-0.1, -0.05) is 18.2 Å². The van der Waals surface area contributed by atoms with Crippen LogP contribution in [0.25, 0.3) is 0 Å². The predicted octanol–water partition coefficient (Wildman–Crippen LogP) is 2.37. The molecule has 0 bridgehead atoms. The maximum atomic E-state index is 10.1. The molecule has 2 rings (SSSR count). The Balaban J connectivity index is 2.14. The summed E-state index contributed by atoms with van der Waals surface area (Å²) in [6.45, 7) is 1.93. The first kappa shape index (κ1) is 11.6. The van der Waals surface area contributed by atoms with Gasteiger partial charge in [-0.15, -0.1) is 0 Å². The lowest BCUT2D eigenvalue weighted by Gasteiger charge is -2.12. The second-order valence-corrected chi connectivity index (χ2v) is 4.09. The molecule has 2 N–H and O–H groups in total. The lowest BCUT2D eigenvalue weighted by molar-refractivity contribution is 0.173. The number of phenols is 1. The molecule has 0 fully saturated rings. The molecule has 1 aromatic carbocycles. The molecule has 0 aliphatic rings. The third-order valence-corrected chi connectivity index (χ3v) is 2.73.